The highest BCUT2D eigenvalue weighted by Crippen LogP contribution is 2.19. The molecule has 1 aromatic carbocycles. The summed E-state index contributed by atoms with van der Waals surface area (Å²) in [6, 6.07) is 9.16. The second kappa shape index (κ2) is 6.84. The predicted octanol–water partition coefficient (Wildman–Crippen LogP) is 3.36. The Kier molecular flexibility index (Phi) is 5.13. The first kappa shape index (κ1) is 14.2. The lowest BCUT2D eigenvalue weighted by atomic mass is 10.1. The van der Waals surface area contributed by atoms with Gasteiger partial charge in [0.15, 0.2) is 0 Å². The third-order valence-electron chi connectivity index (χ3n) is 2.75. The zero-order valence-electron chi connectivity index (χ0n) is 10.2. The number of carbonyl (C=O) groups is 1. The Balaban J connectivity index is 1.83. The van der Waals surface area contributed by atoms with Gasteiger partial charge >= 0.3 is 0 Å². The molecule has 1 amide bonds. The minimum absolute atomic E-state index is 0.134. The van der Waals surface area contributed by atoms with E-state index in [0.717, 1.165) is 10.0 Å². The van der Waals surface area contributed by atoms with Gasteiger partial charge in [0.25, 0.3) is 5.91 Å². The number of thiophene rings is 1. The van der Waals surface area contributed by atoms with Gasteiger partial charge in [-0.1, -0.05) is 12.1 Å². The fraction of sp³-hybridized carbons (Fsp3) is 0.214. The number of nitrogens with one attached hydrogen (secondary N) is 1. The van der Waals surface area contributed by atoms with Crippen LogP contribution in [-0.2, 0) is 0 Å². The van der Waals surface area contributed by atoms with Gasteiger partial charge in [0.1, 0.15) is 0 Å². The van der Waals surface area contributed by atoms with Gasteiger partial charge < -0.3 is 10.4 Å². The van der Waals surface area contributed by atoms with Crippen LogP contribution in [0.1, 0.15) is 28.4 Å². The molecule has 3 nitrogen and oxygen atoms in total. The van der Waals surface area contributed by atoms with Gasteiger partial charge in [-0.05, 0) is 56.9 Å². The molecule has 2 N–H and O–H groups in total. The van der Waals surface area contributed by atoms with Crippen molar-refractivity contribution < 1.29 is 9.90 Å². The quantitative estimate of drug-likeness (QED) is 0.877. The summed E-state index contributed by atoms with van der Waals surface area (Å²) in [5, 5.41) is 16.5. The highest BCUT2D eigenvalue weighted by Gasteiger charge is 2.11. The van der Waals surface area contributed by atoms with E-state index in [4.69, 9.17) is 0 Å². The van der Waals surface area contributed by atoms with E-state index in [1.807, 2.05) is 35.0 Å². The number of rotatable bonds is 5. The third-order valence-corrected chi connectivity index (χ3v) is 4.14. The van der Waals surface area contributed by atoms with Crippen molar-refractivity contribution in [3.63, 3.8) is 0 Å². The first-order valence-electron chi connectivity index (χ1n) is 5.91. The molecule has 0 spiro atoms. The Morgan fingerprint density at radius 1 is 1.37 bits per heavy atom. The smallest absolute Gasteiger partial charge is 0.252 e. The molecule has 100 valence electrons. The maximum Gasteiger partial charge on any atom is 0.252 e. The minimum atomic E-state index is -0.522. The average molecular weight is 340 g/mol. The Hall–Kier alpha value is -1.17. The second-order valence-corrected chi connectivity index (χ2v) is 5.73. The van der Waals surface area contributed by atoms with Crippen molar-refractivity contribution in [2.75, 3.05) is 6.54 Å². The number of halogens is 1. The van der Waals surface area contributed by atoms with Crippen LogP contribution in [0.25, 0.3) is 0 Å². The number of amides is 1. The van der Waals surface area contributed by atoms with Crippen molar-refractivity contribution in [3.8, 4) is 0 Å². The molecule has 0 aliphatic carbocycles. The van der Waals surface area contributed by atoms with Gasteiger partial charge in [-0.25, -0.2) is 0 Å². The SMILES string of the molecule is O=C(NCC[C@@H](O)c1ccsc1)c1ccccc1Br. The molecule has 2 rings (SSSR count). The first-order chi connectivity index (χ1) is 9.18. The number of aliphatic hydroxyl groups is 1. The average Bonchev–Trinajstić information content (AvgIpc) is 2.93. The summed E-state index contributed by atoms with van der Waals surface area (Å²) in [7, 11) is 0. The van der Waals surface area contributed by atoms with Crippen LogP contribution in [0, 0.1) is 0 Å². The monoisotopic (exact) mass is 339 g/mol. The molecule has 0 fully saturated rings. The molecule has 1 aromatic heterocycles. The van der Waals surface area contributed by atoms with Crippen molar-refractivity contribution in [3.05, 3.63) is 56.7 Å². The van der Waals surface area contributed by atoms with Crippen LogP contribution in [0.3, 0.4) is 0 Å². The van der Waals surface area contributed by atoms with Crippen molar-refractivity contribution >= 4 is 33.2 Å². The van der Waals surface area contributed by atoms with E-state index < -0.39 is 6.10 Å². The highest BCUT2D eigenvalue weighted by atomic mass is 79.9. The van der Waals surface area contributed by atoms with E-state index in [1.54, 1.807) is 17.4 Å². The van der Waals surface area contributed by atoms with Crippen LogP contribution in [0.5, 0.6) is 0 Å². The van der Waals surface area contributed by atoms with Crippen LogP contribution in [0.2, 0.25) is 0 Å². The molecule has 0 unspecified atom stereocenters. The van der Waals surface area contributed by atoms with Gasteiger partial charge in [0.05, 0.1) is 11.7 Å². The Morgan fingerprint density at radius 2 is 2.16 bits per heavy atom. The zero-order chi connectivity index (χ0) is 13.7. The molecular weight excluding hydrogens is 326 g/mol. The normalized spacial score (nSPS) is 12.1. The maximum absolute atomic E-state index is 11.9. The van der Waals surface area contributed by atoms with E-state index in [2.05, 4.69) is 21.2 Å². The van der Waals surface area contributed by atoms with Gasteiger partial charge in [0.2, 0.25) is 0 Å². The standard InChI is InChI=1S/C14H14BrNO2S/c15-12-4-2-1-3-11(12)14(18)16-7-5-13(17)10-6-8-19-9-10/h1-4,6,8-9,13,17H,5,7H2,(H,16,18)/t13-/m1/s1. The summed E-state index contributed by atoms with van der Waals surface area (Å²) in [6.07, 6.45) is -0.0156. The van der Waals surface area contributed by atoms with Crippen LogP contribution >= 0.6 is 27.3 Å². The summed E-state index contributed by atoms with van der Waals surface area (Å²) in [5.74, 6) is -0.134. The third kappa shape index (κ3) is 3.89. The first-order valence-corrected chi connectivity index (χ1v) is 7.65. The summed E-state index contributed by atoms with van der Waals surface area (Å²) in [6.45, 7) is 0.442. The summed E-state index contributed by atoms with van der Waals surface area (Å²) in [5.41, 5.74) is 1.51. The minimum Gasteiger partial charge on any atom is -0.388 e. The molecule has 5 heteroatoms. The van der Waals surface area contributed by atoms with Crippen molar-refractivity contribution in [2.24, 2.45) is 0 Å². The van der Waals surface area contributed by atoms with E-state index in [-0.39, 0.29) is 5.91 Å². The van der Waals surface area contributed by atoms with Gasteiger partial charge in [-0.3, -0.25) is 4.79 Å². The molecule has 0 aliphatic rings. The molecule has 0 aliphatic heterocycles. The topological polar surface area (TPSA) is 49.3 Å². The molecule has 0 saturated heterocycles. The van der Waals surface area contributed by atoms with Crippen LogP contribution in [0.15, 0.2) is 45.6 Å². The molecule has 1 heterocycles. The largest absolute Gasteiger partial charge is 0.388 e. The molecule has 2 aromatic rings. The second-order valence-electron chi connectivity index (χ2n) is 4.10. The van der Waals surface area contributed by atoms with Crippen molar-refractivity contribution in [1.29, 1.82) is 0 Å². The van der Waals surface area contributed by atoms with Gasteiger partial charge in [-0.15, -0.1) is 0 Å². The van der Waals surface area contributed by atoms with Gasteiger partial charge in [0, 0.05) is 11.0 Å². The zero-order valence-corrected chi connectivity index (χ0v) is 12.6. The maximum atomic E-state index is 11.9. The lowest BCUT2D eigenvalue weighted by Crippen LogP contribution is -2.25. The predicted molar refractivity (Wildman–Crippen MR) is 80.4 cm³/mol. The lowest BCUT2D eigenvalue weighted by molar-refractivity contribution is 0.0942. The fourth-order valence-corrected chi connectivity index (χ4v) is 2.87. The van der Waals surface area contributed by atoms with Crippen LogP contribution in [-0.4, -0.2) is 17.6 Å². The number of benzene rings is 1. The van der Waals surface area contributed by atoms with Crippen molar-refractivity contribution in [1.82, 2.24) is 5.32 Å². The fourth-order valence-electron chi connectivity index (χ4n) is 1.69. The van der Waals surface area contributed by atoms with E-state index in [9.17, 15) is 9.90 Å². The molecule has 1 atom stereocenters. The summed E-state index contributed by atoms with van der Waals surface area (Å²) >= 11 is 4.89. The van der Waals surface area contributed by atoms with E-state index in [0.29, 0.717) is 18.5 Å². The number of hydrogen-bond acceptors (Lipinski definition) is 3. The molecule has 19 heavy (non-hydrogen) atoms. The molecule has 0 radical (unpaired) electrons. The number of hydrogen-bond donors (Lipinski definition) is 2. The highest BCUT2D eigenvalue weighted by molar-refractivity contribution is 9.10. The number of carbonyl (C=O) groups excluding carboxylic acids is 1. The van der Waals surface area contributed by atoms with E-state index >= 15 is 0 Å². The lowest BCUT2D eigenvalue weighted by Gasteiger charge is -2.10. The molecule has 0 bridgehead atoms. The van der Waals surface area contributed by atoms with Crippen LogP contribution in [0.4, 0.5) is 0 Å². The Labute approximate surface area is 124 Å². The molecule has 0 saturated carbocycles. The summed E-state index contributed by atoms with van der Waals surface area (Å²) < 4.78 is 0.769. The van der Waals surface area contributed by atoms with Crippen molar-refractivity contribution in [2.45, 2.75) is 12.5 Å². The Bertz CT molecular complexity index is 542. The molecular formula is C14H14BrNO2S. The van der Waals surface area contributed by atoms with E-state index in [1.165, 1.54) is 0 Å². The Morgan fingerprint density at radius 3 is 2.84 bits per heavy atom. The number of aliphatic hydroxyl groups excluding tert-OH is 1. The summed E-state index contributed by atoms with van der Waals surface area (Å²) in [4.78, 5) is 11.9. The van der Waals surface area contributed by atoms with Gasteiger partial charge in [-0.2, -0.15) is 11.3 Å². The van der Waals surface area contributed by atoms with Crippen LogP contribution < -0.4 is 5.32 Å².